The monoisotopic (exact) mass is 379 g/mol. The molecule has 2 saturated carbocycles. The summed E-state index contributed by atoms with van der Waals surface area (Å²) in [4.78, 5) is 13.6. The van der Waals surface area contributed by atoms with Gasteiger partial charge in [-0.3, -0.25) is 4.79 Å². The average Bonchev–Trinajstić information content (AvgIpc) is 2.48. The summed E-state index contributed by atoms with van der Waals surface area (Å²) in [6, 6.07) is 5.28. The fourth-order valence-corrected chi connectivity index (χ4v) is 6.08. The zero-order chi connectivity index (χ0) is 18.6. The number of nitrogens with two attached hydrogens (primary N) is 1. The highest BCUT2D eigenvalue weighted by molar-refractivity contribution is 5.99. The number of aryl methyl sites for hydroxylation is 1. The van der Waals surface area contributed by atoms with Gasteiger partial charge >= 0.3 is 0 Å². The van der Waals surface area contributed by atoms with Crippen LogP contribution in [0.5, 0.6) is 5.75 Å². The molecule has 0 aliphatic heterocycles. The van der Waals surface area contributed by atoms with E-state index in [1.54, 1.807) is 12.1 Å². The lowest BCUT2D eigenvalue weighted by molar-refractivity contribution is -0.0865. The van der Waals surface area contributed by atoms with Crippen LogP contribution in [0.15, 0.2) is 18.2 Å². The molecular formula is C22H34ClNO2. The third kappa shape index (κ3) is 3.41. The summed E-state index contributed by atoms with van der Waals surface area (Å²) in [5, 5.41) is 9.96. The largest absolute Gasteiger partial charge is 0.508 e. The van der Waals surface area contributed by atoms with E-state index in [4.69, 9.17) is 5.73 Å². The first-order valence-electron chi connectivity index (χ1n) is 9.67. The molecule has 0 saturated heterocycles. The first-order chi connectivity index (χ1) is 11.6. The minimum Gasteiger partial charge on any atom is -0.508 e. The summed E-state index contributed by atoms with van der Waals surface area (Å²) >= 11 is 0. The SMILES string of the molecule is Cc1cc(O)cc(C(=O)[C@H]2C(C)C(N)C[C@H]3C(C)(C)CCC[C@]23C)c1.Cl. The van der Waals surface area contributed by atoms with Crippen molar-refractivity contribution in [3.63, 3.8) is 0 Å². The first-order valence-corrected chi connectivity index (χ1v) is 9.67. The van der Waals surface area contributed by atoms with Gasteiger partial charge in [0.05, 0.1) is 0 Å². The molecule has 2 fully saturated rings. The molecule has 4 heteroatoms. The maximum atomic E-state index is 13.6. The molecule has 5 atom stereocenters. The van der Waals surface area contributed by atoms with Gasteiger partial charge in [0.2, 0.25) is 0 Å². The molecule has 0 bridgehead atoms. The number of carbonyl (C=O) groups excluding carboxylic acids is 1. The molecule has 2 aliphatic rings. The highest BCUT2D eigenvalue weighted by Crippen LogP contribution is 2.61. The number of phenols is 1. The van der Waals surface area contributed by atoms with Crippen LogP contribution < -0.4 is 5.73 Å². The number of Topliss-reactive ketones (excluding diaryl/α,β-unsaturated/α-hetero) is 1. The summed E-state index contributed by atoms with van der Waals surface area (Å²) < 4.78 is 0. The summed E-state index contributed by atoms with van der Waals surface area (Å²) in [5.41, 5.74) is 8.28. The molecule has 0 spiro atoms. The van der Waals surface area contributed by atoms with Crippen molar-refractivity contribution in [1.29, 1.82) is 0 Å². The Morgan fingerprint density at radius 1 is 1.19 bits per heavy atom. The normalized spacial score (nSPS) is 35.9. The van der Waals surface area contributed by atoms with E-state index < -0.39 is 0 Å². The zero-order valence-corrected chi connectivity index (χ0v) is 17.5. The van der Waals surface area contributed by atoms with Gasteiger partial charge in [-0.05, 0) is 72.6 Å². The Morgan fingerprint density at radius 3 is 2.46 bits per heavy atom. The van der Waals surface area contributed by atoms with Crippen LogP contribution in [0, 0.1) is 35.5 Å². The van der Waals surface area contributed by atoms with E-state index in [1.165, 1.54) is 12.8 Å². The van der Waals surface area contributed by atoms with Gasteiger partial charge < -0.3 is 10.8 Å². The number of aromatic hydroxyl groups is 1. The van der Waals surface area contributed by atoms with Gasteiger partial charge in [0.1, 0.15) is 5.75 Å². The van der Waals surface area contributed by atoms with Crippen LogP contribution in [0.2, 0.25) is 0 Å². The summed E-state index contributed by atoms with van der Waals surface area (Å²) in [5.74, 6) is 0.869. The standard InChI is InChI=1S/C22H33NO2.ClH/c1-13-9-15(11-16(24)10-13)20(25)19-14(2)17(23)12-18-21(3,4)7-6-8-22(18,19)5;/h9-11,14,17-19,24H,6-8,12,23H2,1-5H3;1H/t14?,17?,18-,19+,22-;/m0./s1. The second-order valence-corrected chi connectivity index (χ2v) is 9.56. The molecule has 0 amide bonds. The molecular weight excluding hydrogens is 346 g/mol. The fourth-order valence-electron chi connectivity index (χ4n) is 6.08. The van der Waals surface area contributed by atoms with E-state index in [0.717, 1.165) is 18.4 Å². The van der Waals surface area contributed by atoms with Gasteiger partial charge in [-0.2, -0.15) is 0 Å². The molecule has 3 nitrogen and oxygen atoms in total. The average molecular weight is 380 g/mol. The minimum absolute atomic E-state index is 0. The predicted octanol–water partition coefficient (Wildman–Crippen LogP) is 5.12. The van der Waals surface area contributed by atoms with E-state index in [2.05, 4.69) is 27.7 Å². The number of hydrogen-bond donors (Lipinski definition) is 2. The van der Waals surface area contributed by atoms with Gasteiger partial charge in [0.25, 0.3) is 0 Å². The number of carbonyl (C=O) groups is 1. The molecule has 2 aliphatic carbocycles. The fraction of sp³-hybridized carbons (Fsp3) is 0.682. The third-order valence-corrected chi connectivity index (χ3v) is 7.32. The van der Waals surface area contributed by atoms with Gasteiger partial charge in [-0.15, -0.1) is 12.4 Å². The van der Waals surface area contributed by atoms with E-state index in [9.17, 15) is 9.90 Å². The highest BCUT2D eigenvalue weighted by Gasteiger charge is 2.57. The Morgan fingerprint density at radius 2 is 1.85 bits per heavy atom. The van der Waals surface area contributed by atoms with Crippen molar-refractivity contribution >= 4 is 18.2 Å². The number of benzene rings is 1. The molecule has 2 unspecified atom stereocenters. The molecule has 146 valence electrons. The Bertz CT molecular complexity index is 666. The maximum Gasteiger partial charge on any atom is 0.166 e. The zero-order valence-electron chi connectivity index (χ0n) is 16.7. The number of rotatable bonds is 2. The van der Waals surface area contributed by atoms with Crippen LogP contribution in [-0.2, 0) is 0 Å². The maximum absolute atomic E-state index is 13.6. The third-order valence-electron chi connectivity index (χ3n) is 7.32. The Kier molecular flexibility index (Phi) is 5.85. The van der Waals surface area contributed by atoms with Crippen LogP contribution in [0.1, 0.15) is 69.3 Å². The molecule has 26 heavy (non-hydrogen) atoms. The Hall–Kier alpha value is -1.06. The first kappa shape index (κ1) is 21.2. The summed E-state index contributed by atoms with van der Waals surface area (Å²) in [7, 11) is 0. The van der Waals surface area contributed by atoms with E-state index in [0.29, 0.717) is 11.5 Å². The number of halogens is 1. The molecule has 0 heterocycles. The van der Waals surface area contributed by atoms with Crippen molar-refractivity contribution in [2.24, 2.45) is 34.3 Å². The highest BCUT2D eigenvalue weighted by atomic mass is 35.5. The summed E-state index contributed by atoms with van der Waals surface area (Å²) in [6.07, 6.45) is 4.48. The lowest BCUT2D eigenvalue weighted by Crippen LogP contribution is -2.59. The number of ketones is 1. The molecule has 1 aromatic rings. The van der Waals surface area contributed by atoms with E-state index in [-0.39, 0.29) is 52.6 Å². The Balaban J connectivity index is 0.00000243. The second-order valence-electron chi connectivity index (χ2n) is 9.56. The van der Waals surface area contributed by atoms with Crippen molar-refractivity contribution in [2.75, 3.05) is 0 Å². The topological polar surface area (TPSA) is 63.3 Å². The molecule has 3 rings (SSSR count). The lowest BCUT2D eigenvalue weighted by atomic mass is 9.45. The van der Waals surface area contributed by atoms with Crippen LogP contribution in [0.3, 0.4) is 0 Å². The van der Waals surface area contributed by atoms with Crippen LogP contribution in [0.25, 0.3) is 0 Å². The van der Waals surface area contributed by atoms with Crippen molar-refractivity contribution in [3.05, 3.63) is 29.3 Å². The Labute approximate surface area is 164 Å². The quantitative estimate of drug-likeness (QED) is 0.701. The number of fused-ring (bicyclic) bond motifs is 1. The van der Waals surface area contributed by atoms with Crippen molar-refractivity contribution in [1.82, 2.24) is 0 Å². The van der Waals surface area contributed by atoms with Crippen LogP contribution in [-0.4, -0.2) is 16.9 Å². The van der Waals surface area contributed by atoms with Gasteiger partial charge in [-0.25, -0.2) is 0 Å². The smallest absolute Gasteiger partial charge is 0.166 e. The van der Waals surface area contributed by atoms with Gasteiger partial charge in [0.15, 0.2) is 5.78 Å². The van der Waals surface area contributed by atoms with Crippen LogP contribution in [0.4, 0.5) is 0 Å². The lowest BCUT2D eigenvalue weighted by Gasteiger charge is -2.60. The van der Waals surface area contributed by atoms with Crippen molar-refractivity contribution < 1.29 is 9.90 Å². The van der Waals surface area contributed by atoms with Crippen LogP contribution >= 0.6 is 12.4 Å². The minimum atomic E-state index is -0.0815. The molecule has 1 aromatic carbocycles. The van der Waals surface area contributed by atoms with Gasteiger partial charge in [0, 0.05) is 17.5 Å². The van der Waals surface area contributed by atoms with Crippen molar-refractivity contribution in [3.8, 4) is 5.75 Å². The molecule has 3 N–H and O–H groups in total. The summed E-state index contributed by atoms with van der Waals surface area (Å²) in [6.45, 7) is 11.1. The number of phenolic OH excluding ortho intramolecular Hbond substituents is 1. The molecule has 0 radical (unpaired) electrons. The molecule has 0 aromatic heterocycles. The van der Waals surface area contributed by atoms with E-state index >= 15 is 0 Å². The van der Waals surface area contributed by atoms with Crippen molar-refractivity contribution in [2.45, 2.75) is 66.3 Å². The van der Waals surface area contributed by atoms with E-state index in [1.807, 2.05) is 13.0 Å². The predicted molar refractivity (Wildman–Crippen MR) is 109 cm³/mol. The number of hydrogen-bond acceptors (Lipinski definition) is 3. The second kappa shape index (κ2) is 7.16. The van der Waals surface area contributed by atoms with Gasteiger partial charge in [-0.1, -0.05) is 34.1 Å².